The highest BCUT2D eigenvalue weighted by Gasteiger charge is 2.31. The summed E-state index contributed by atoms with van der Waals surface area (Å²) in [6.07, 6.45) is -2.34. The number of aromatic hydroxyl groups is 1. The van der Waals surface area contributed by atoms with Crippen molar-refractivity contribution in [3.05, 3.63) is 35.4 Å². The molecule has 3 N–H and O–H groups in total. The molecule has 2 heterocycles. The van der Waals surface area contributed by atoms with Crippen LogP contribution in [0.4, 0.5) is 19.0 Å². The average molecular weight is 412 g/mol. The highest BCUT2D eigenvalue weighted by atomic mass is 19.4. The van der Waals surface area contributed by atoms with E-state index in [0.29, 0.717) is 17.6 Å². The van der Waals surface area contributed by atoms with Crippen molar-refractivity contribution in [2.45, 2.75) is 32.0 Å². The summed E-state index contributed by atoms with van der Waals surface area (Å²) in [7, 11) is 2.07. The van der Waals surface area contributed by atoms with Gasteiger partial charge in [-0.3, -0.25) is 4.79 Å². The molecule has 0 bridgehead atoms. The van der Waals surface area contributed by atoms with Crippen LogP contribution in [-0.2, 0) is 11.0 Å². The largest absolute Gasteiger partial charge is 0.507 e. The van der Waals surface area contributed by atoms with Gasteiger partial charge in [0.1, 0.15) is 11.6 Å². The summed E-state index contributed by atoms with van der Waals surface area (Å²) in [5.41, 5.74) is 0.417. The molecule has 7 nitrogen and oxygen atoms in total. The predicted octanol–water partition coefficient (Wildman–Crippen LogP) is 3.38. The zero-order valence-corrected chi connectivity index (χ0v) is 16.1. The molecule has 0 saturated carbocycles. The number of alkyl halides is 3. The molecule has 1 saturated heterocycles. The van der Waals surface area contributed by atoms with E-state index in [9.17, 15) is 18.3 Å². The zero-order valence-electron chi connectivity index (χ0n) is 16.1. The lowest BCUT2D eigenvalue weighted by molar-refractivity contribution is -0.137. The number of halogens is 3. The van der Waals surface area contributed by atoms with E-state index in [-0.39, 0.29) is 18.1 Å². The van der Waals surface area contributed by atoms with Crippen molar-refractivity contribution in [1.82, 2.24) is 15.1 Å². The molecule has 0 spiro atoms. The molecule has 29 heavy (non-hydrogen) atoms. The number of aromatic nitrogens is 2. The summed E-state index contributed by atoms with van der Waals surface area (Å²) in [5, 5.41) is 28.5. The maximum Gasteiger partial charge on any atom is 0.416 e. The molecule has 3 rings (SSSR count). The monoisotopic (exact) mass is 412 g/mol. The summed E-state index contributed by atoms with van der Waals surface area (Å²) >= 11 is 0. The van der Waals surface area contributed by atoms with E-state index in [1.807, 2.05) is 0 Å². The average Bonchev–Trinajstić information content (AvgIpc) is 2.62. The van der Waals surface area contributed by atoms with Gasteiger partial charge in [0.05, 0.1) is 11.3 Å². The quantitative estimate of drug-likeness (QED) is 0.665. The van der Waals surface area contributed by atoms with Gasteiger partial charge in [-0.15, -0.1) is 10.2 Å². The predicted molar refractivity (Wildman–Crippen MR) is 102 cm³/mol. The lowest BCUT2D eigenvalue weighted by Crippen LogP contribution is -2.39. The minimum atomic E-state index is -4.50. The molecule has 1 unspecified atom stereocenters. The van der Waals surface area contributed by atoms with Gasteiger partial charge in [-0.1, -0.05) is 0 Å². The lowest BCUT2D eigenvalue weighted by Gasteiger charge is -2.30. The molecule has 158 valence electrons. The second-order valence-electron chi connectivity index (χ2n) is 6.84. The van der Waals surface area contributed by atoms with Crippen LogP contribution in [0.1, 0.15) is 24.0 Å². The first-order chi connectivity index (χ1) is 13.7. The molecule has 1 aromatic carbocycles. The third kappa shape index (κ3) is 6.05. The fraction of sp³-hybridized carbons (Fsp3) is 0.421. The van der Waals surface area contributed by atoms with Crippen molar-refractivity contribution in [2.75, 3.05) is 25.5 Å². The van der Waals surface area contributed by atoms with E-state index in [0.717, 1.165) is 37.6 Å². The molecule has 1 atom stereocenters. The molecule has 1 fully saturated rings. The molecule has 0 radical (unpaired) electrons. The number of hydrogen-bond donors (Lipinski definition) is 3. The Bertz CT molecular complexity index is 846. The van der Waals surface area contributed by atoms with Crippen molar-refractivity contribution in [1.29, 1.82) is 0 Å². The maximum absolute atomic E-state index is 12.7. The first-order valence-corrected chi connectivity index (χ1v) is 8.93. The number of aryl methyl sites for hydroxylation is 1. The molecule has 1 aliphatic heterocycles. The van der Waals surface area contributed by atoms with E-state index >= 15 is 0 Å². The number of anilines is 1. The number of carbonyl (C=O) groups is 1. The first-order valence-electron chi connectivity index (χ1n) is 8.93. The van der Waals surface area contributed by atoms with Gasteiger partial charge in [0.2, 0.25) is 0 Å². The van der Waals surface area contributed by atoms with Gasteiger partial charge in [0.15, 0.2) is 0 Å². The third-order valence-electron chi connectivity index (χ3n) is 4.54. The van der Waals surface area contributed by atoms with E-state index in [4.69, 9.17) is 9.90 Å². The molecule has 1 aliphatic rings. The van der Waals surface area contributed by atoms with Crippen LogP contribution in [-0.4, -0.2) is 58.0 Å². The Morgan fingerprint density at radius 3 is 2.52 bits per heavy atom. The Balaban J connectivity index is 0.000000941. The van der Waals surface area contributed by atoms with Crippen LogP contribution in [0, 0.1) is 6.92 Å². The number of rotatable bonds is 3. The van der Waals surface area contributed by atoms with Crippen molar-refractivity contribution in [3.63, 3.8) is 0 Å². The first kappa shape index (κ1) is 22.4. The van der Waals surface area contributed by atoms with Gasteiger partial charge in [-0.25, -0.2) is 0 Å². The van der Waals surface area contributed by atoms with Crippen LogP contribution < -0.4 is 5.32 Å². The SMILES string of the molecule is Cc1cc(NC2CCCN(C)C2)nnc1-c1ccc(C(F)(F)F)cc1O.O=CO. The Morgan fingerprint density at radius 1 is 1.28 bits per heavy atom. The highest BCUT2D eigenvalue weighted by Crippen LogP contribution is 2.36. The highest BCUT2D eigenvalue weighted by molar-refractivity contribution is 5.70. The molecule has 10 heteroatoms. The summed E-state index contributed by atoms with van der Waals surface area (Å²) in [6.45, 7) is 3.54. The van der Waals surface area contributed by atoms with E-state index in [1.54, 1.807) is 13.0 Å². The molecule has 0 amide bonds. The van der Waals surface area contributed by atoms with Gasteiger partial charge < -0.3 is 20.4 Å². The van der Waals surface area contributed by atoms with Crippen molar-refractivity contribution >= 4 is 12.3 Å². The normalized spacial score (nSPS) is 17.2. The fourth-order valence-electron chi connectivity index (χ4n) is 3.22. The minimum absolute atomic E-state index is 0.229. The van der Waals surface area contributed by atoms with Gasteiger partial charge in [-0.2, -0.15) is 13.2 Å². The van der Waals surface area contributed by atoms with Crippen LogP contribution >= 0.6 is 0 Å². The fourth-order valence-corrected chi connectivity index (χ4v) is 3.22. The van der Waals surface area contributed by atoms with Gasteiger partial charge >= 0.3 is 6.18 Å². The van der Waals surface area contributed by atoms with Gasteiger partial charge in [0.25, 0.3) is 6.47 Å². The van der Waals surface area contributed by atoms with Crippen LogP contribution in [0.15, 0.2) is 24.3 Å². The smallest absolute Gasteiger partial charge is 0.416 e. The van der Waals surface area contributed by atoms with E-state index < -0.39 is 17.5 Å². The molecule has 0 aliphatic carbocycles. The lowest BCUT2D eigenvalue weighted by atomic mass is 10.0. The molecule has 1 aromatic heterocycles. The summed E-state index contributed by atoms with van der Waals surface area (Å²) in [5.74, 6) is 0.157. The summed E-state index contributed by atoms with van der Waals surface area (Å²) in [6, 6.07) is 4.94. The topological polar surface area (TPSA) is 98.6 Å². The number of phenolic OH excluding ortho intramolecular Hbond substituents is 1. The van der Waals surface area contributed by atoms with Gasteiger partial charge in [-0.05, 0) is 63.2 Å². The van der Waals surface area contributed by atoms with E-state index in [1.165, 1.54) is 6.07 Å². The number of carboxylic acid groups (broad SMARTS) is 1. The number of hydrogen-bond acceptors (Lipinski definition) is 6. The standard InChI is InChI=1S/C18H21F3N4O.CH2O2/c1-11-8-16(22-13-4-3-7-25(2)10-13)23-24-17(11)14-6-5-12(9-15(14)26)18(19,20)21;2-1-3/h5-6,8-9,13,26H,3-4,7,10H2,1-2H3,(H,22,23);1H,(H,2,3). The maximum atomic E-state index is 12.7. The number of phenols is 1. The second kappa shape index (κ2) is 9.55. The summed E-state index contributed by atoms with van der Waals surface area (Å²) < 4.78 is 38.2. The minimum Gasteiger partial charge on any atom is -0.507 e. The molecular formula is C19H23F3N4O3. The number of nitrogens with one attached hydrogen (secondary N) is 1. The Morgan fingerprint density at radius 2 is 1.97 bits per heavy atom. The second-order valence-corrected chi connectivity index (χ2v) is 6.84. The number of likely N-dealkylation sites (N-methyl/N-ethyl adjacent to an activating group) is 1. The van der Waals surface area contributed by atoms with Crippen LogP contribution in [0.25, 0.3) is 11.3 Å². The number of benzene rings is 1. The zero-order chi connectivity index (χ0) is 21.6. The number of likely N-dealkylation sites (tertiary alicyclic amines) is 1. The van der Waals surface area contributed by atoms with E-state index in [2.05, 4.69) is 27.5 Å². The number of piperidine rings is 1. The van der Waals surface area contributed by atoms with Crippen LogP contribution in [0.5, 0.6) is 5.75 Å². The molecule has 2 aromatic rings. The van der Waals surface area contributed by atoms with Crippen LogP contribution in [0.3, 0.4) is 0 Å². The van der Waals surface area contributed by atoms with Crippen molar-refractivity contribution in [3.8, 4) is 17.0 Å². The summed E-state index contributed by atoms with van der Waals surface area (Å²) in [4.78, 5) is 10.6. The Hall–Kier alpha value is -2.88. The van der Waals surface area contributed by atoms with Crippen molar-refractivity contribution in [2.24, 2.45) is 0 Å². The van der Waals surface area contributed by atoms with Crippen LogP contribution in [0.2, 0.25) is 0 Å². The Labute approximate surface area is 166 Å². The third-order valence-corrected chi connectivity index (χ3v) is 4.54. The molecular weight excluding hydrogens is 389 g/mol. The van der Waals surface area contributed by atoms with Crippen molar-refractivity contribution < 1.29 is 28.2 Å². The Kier molecular flexibility index (Phi) is 7.38. The van der Waals surface area contributed by atoms with Gasteiger partial charge in [0, 0.05) is 18.2 Å². The number of nitrogens with zero attached hydrogens (tertiary/aromatic N) is 3.